The molecule has 2 heterocycles. The van der Waals surface area contributed by atoms with Gasteiger partial charge in [0, 0.05) is 11.8 Å². The van der Waals surface area contributed by atoms with Crippen LogP contribution in [0.1, 0.15) is 16.8 Å². The Hall–Kier alpha value is -1.64. The van der Waals surface area contributed by atoms with Gasteiger partial charge in [-0.1, -0.05) is 5.16 Å². The van der Waals surface area contributed by atoms with Crippen LogP contribution < -0.4 is 0 Å². The summed E-state index contributed by atoms with van der Waals surface area (Å²) in [5.74, 6) is 0.770. The predicted octanol–water partition coefficient (Wildman–Crippen LogP) is 2.66. The molecule has 0 aliphatic rings. The molecule has 14 heavy (non-hydrogen) atoms. The van der Waals surface area contributed by atoms with Crippen molar-refractivity contribution < 1.29 is 4.52 Å². The molecule has 2 aromatic rings. The van der Waals surface area contributed by atoms with Crippen LogP contribution in [0.15, 0.2) is 22.9 Å². The zero-order chi connectivity index (χ0) is 10.1. The molecule has 0 aliphatic carbocycles. The molecule has 3 heteroatoms. The van der Waals surface area contributed by atoms with Gasteiger partial charge in [0.2, 0.25) is 0 Å². The van der Waals surface area contributed by atoms with E-state index in [0.29, 0.717) is 0 Å². The van der Waals surface area contributed by atoms with Gasteiger partial charge in [0.15, 0.2) is 5.76 Å². The number of hydrogen-bond donors (Lipinski definition) is 0. The zero-order valence-corrected chi connectivity index (χ0v) is 8.53. The largest absolute Gasteiger partial charge is 0.354 e. The topological polar surface area (TPSA) is 38.9 Å². The highest BCUT2D eigenvalue weighted by Gasteiger charge is 2.11. The number of aryl methyl sites for hydroxylation is 2. The normalized spacial score (nSPS) is 10.5. The number of pyridine rings is 1. The van der Waals surface area contributed by atoms with Crippen molar-refractivity contribution in [2.24, 2.45) is 0 Å². The first-order valence-corrected chi connectivity index (χ1v) is 4.54. The number of nitrogens with zero attached hydrogens (tertiary/aromatic N) is 2. The van der Waals surface area contributed by atoms with Gasteiger partial charge in [0.1, 0.15) is 5.69 Å². The third kappa shape index (κ3) is 1.41. The maximum atomic E-state index is 5.22. The molecule has 0 saturated heterocycles. The molecule has 0 amide bonds. The summed E-state index contributed by atoms with van der Waals surface area (Å²) in [5, 5.41) is 3.91. The summed E-state index contributed by atoms with van der Waals surface area (Å²) in [6.45, 7) is 5.95. The molecule has 0 radical (unpaired) electrons. The molecule has 3 nitrogen and oxygen atoms in total. The summed E-state index contributed by atoms with van der Waals surface area (Å²) in [7, 11) is 0. The lowest BCUT2D eigenvalue weighted by molar-refractivity contribution is 0.425. The minimum absolute atomic E-state index is 0.770. The van der Waals surface area contributed by atoms with Crippen LogP contribution in [-0.4, -0.2) is 10.1 Å². The van der Waals surface area contributed by atoms with E-state index >= 15 is 0 Å². The van der Waals surface area contributed by atoms with Gasteiger partial charge >= 0.3 is 0 Å². The molecule has 0 fully saturated rings. The van der Waals surface area contributed by atoms with E-state index in [2.05, 4.69) is 10.1 Å². The Morgan fingerprint density at radius 3 is 2.57 bits per heavy atom. The number of hydrogen-bond acceptors (Lipinski definition) is 3. The van der Waals surface area contributed by atoms with Crippen molar-refractivity contribution in [2.75, 3.05) is 0 Å². The van der Waals surface area contributed by atoms with Crippen LogP contribution in [0.2, 0.25) is 0 Å². The van der Waals surface area contributed by atoms with Crippen LogP contribution >= 0.6 is 0 Å². The average molecular weight is 188 g/mol. The molecule has 0 atom stereocenters. The Bertz CT molecular complexity index is 460. The van der Waals surface area contributed by atoms with Gasteiger partial charge in [-0.3, -0.25) is 4.98 Å². The highest BCUT2D eigenvalue weighted by atomic mass is 16.5. The monoisotopic (exact) mass is 188 g/mol. The van der Waals surface area contributed by atoms with E-state index in [9.17, 15) is 0 Å². The molecule has 0 N–H and O–H groups in total. The minimum Gasteiger partial charge on any atom is -0.354 e. The molecule has 0 saturated carbocycles. The molecular weight excluding hydrogens is 176 g/mol. The summed E-state index contributed by atoms with van der Waals surface area (Å²) in [6.07, 6.45) is 1.78. The van der Waals surface area contributed by atoms with Gasteiger partial charge in [-0.15, -0.1) is 0 Å². The molecule has 2 rings (SSSR count). The molecule has 72 valence electrons. The average Bonchev–Trinajstić information content (AvgIpc) is 2.48. The third-order valence-corrected chi connectivity index (χ3v) is 2.31. The van der Waals surface area contributed by atoms with Crippen molar-refractivity contribution in [3.8, 4) is 11.5 Å². The highest BCUT2D eigenvalue weighted by molar-refractivity contribution is 5.57. The lowest BCUT2D eigenvalue weighted by atomic mass is 10.1. The maximum Gasteiger partial charge on any atom is 0.188 e. The molecule has 0 aliphatic heterocycles. The van der Waals surface area contributed by atoms with E-state index in [1.165, 1.54) is 5.56 Å². The van der Waals surface area contributed by atoms with Crippen molar-refractivity contribution in [2.45, 2.75) is 20.8 Å². The smallest absolute Gasteiger partial charge is 0.188 e. The fraction of sp³-hybridized carbons (Fsp3) is 0.273. The van der Waals surface area contributed by atoms with Crippen molar-refractivity contribution in [1.29, 1.82) is 0 Å². The van der Waals surface area contributed by atoms with Crippen LogP contribution in [0, 0.1) is 20.8 Å². The van der Waals surface area contributed by atoms with E-state index in [1.807, 2.05) is 32.9 Å². The van der Waals surface area contributed by atoms with Gasteiger partial charge in [-0.2, -0.15) is 0 Å². The van der Waals surface area contributed by atoms with Crippen LogP contribution in [0.3, 0.4) is 0 Å². The van der Waals surface area contributed by atoms with Crippen molar-refractivity contribution >= 4 is 0 Å². The second kappa shape index (κ2) is 3.25. The Kier molecular flexibility index (Phi) is 2.08. The molecule has 0 bridgehead atoms. The van der Waals surface area contributed by atoms with Gasteiger partial charge in [-0.25, -0.2) is 0 Å². The Labute approximate surface area is 82.8 Å². The summed E-state index contributed by atoms with van der Waals surface area (Å²) >= 11 is 0. The summed E-state index contributed by atoms with van der Waals surface area (Å²) in [4.78, 5) is 4.25. The molecule has 2 aromatic heterocycles. The van der Waals surface area contributed by atoms with Gasteiger partial charge < -0.3 is 4.52 Å². The fourth-order valence-corrected chi connectivity index (χ4v) is 1.31. The van der Waals surface area contributed by atoms with Crippen molar-refractivity contribution in [3.63, 3.8) is 0 Å². The lowest BCUT2D eigenvalue weighted by Gasteiger charge is -1.97. The van der Waals surface area contributed by atoms with Crippen LogP contribution in [0.25, 0.3) is 11.5 Å². The van der Waals surface area contributed by atoms with E-state index in [4.69, 9.17) is 4.52 Å². The highest BCUT2D eigenvalue weighted by Crippen LogP contribution is 2.23. The Morgan fingerprint density at radius 2 is 2.00 bits per heavy atom. The SMILES string of the molecule is Cc1ccnc(-c2onc(C)c2C)c1. The van der Waals surface area contributed by atoms with E-state index in [0.717, 1.165) is 22.7 Å². The third-order valence-electron chi connectivity index (χ3n) is 2.31. The standard InChI is InChI=1S/C11H12N2O/c1-7-4-5-12-10(6-7)11-8(2)9(3)13-14-11/h4-6H,1-3H3. The minimum atomic E-state index is 0.770. The molecule has 0 spiro atoms. The first kappa shape index (κ1) is 8.94. The molecule has 0 aromatic carbocycles. The van der Waals surface area contributed by atoms with Gasteiger partial charge in [0.05, 0.1) is 5.69 Å². The first-order chi connectivity index (χ1) is 6.68. The van der Waals surface area contributed by atoms with Crippen LogP contribution in [0.4, 0.5) is 0 Å². The molecule has 0 unspecified atom stereocenters. The van der Waals surface area contributed by atoms with Crippen LogP contribution in [0.5, 0.6) is 0 Å². The fourth-order valence-electron chi connectivity index (χ4n) is 1.31. The summed E-state index contributed by atoms with van der Waals surface area (Å²) < 4.78 is 5.22. The van der Waals surface area contributed by atoms with E-state index in [-0.39, 0.29) is 0 Å². The van der Waals surface area contributed by atoms with Gasteiger partial charge in [0.25, 0.3) is 0 Å². The predicted molar refractivity (Wildman–Crippen MR) is 53.9 cm³/mol. The quantitative estimate of drug-likeness (QED) is 0.690. The second-order valence-electron chi connectivity index (χ2n) is 3.44. The number of rotatable bonds is 1. The summed E-state index contributed by atoms with van der Waals surface area (Å²) in [5.41, 5.74) is 4.00. The first-order valence-electron chi connectivity index (χ1n) is 4.54. The maximum absolute atomic E-state index is 5.22. The van der Waals surface area contributed by atoms with E-state index < -0.39 is 0 Å². The Morgan fingerprint density at radius 1 is 1.21 bits per heavy atom. The van der Waals surface area contributed by atoms with E-state index in [1.54, 1.807) is 6.20 Å². The second-order valence-corrected chi connectivity index (χ2v) is 3.44. The summed E-state index contributed by atoms with van der Waals surface area (Å²) in [6, 6.07) is 3.95. The van der Waals surface area contributed by atoms with Crippen molar-refractivity contribution in [1.82, 2.24) is 10.1 Å². The molecular formula is C11H12N2O. The lowest BCUT2D eigenvalue weighted by Crippen LogP contribution is -1.84. The van der Waals surface area contributed by atoms with Crippen LogP contribution in [-0.2, 0) is 0 Å². The zero-order valence-electron chi connectivity index (χ0n) is 8.53. The Balaban J connectivity index is 2.55. The van der Waals surface area contributed by atoms with Gasteiger partial charge in [-0.05, 0) is 38.5 Å². The van der Waals surface area contributed by atoms with Crippen molar-refractivity contribution in [3.05, 3.63) is 35.2 Å². The number of aromatic nitrogens is 2.